The Balaban J connectivity index is 2.01. The molecule has 0 saturated heterocycles. The number of benzene rings is 2. The van der Waals surface area contributed by atoms with Gasteiger partial charge in [0.25, 0.3) is 5.91 Å². The summed E-state index contributed by atoms with van der Waals surface area (Å²) in [5, 5.41) is 6.61. The van der Waals surface area contributed by atoms with Crippen LogP contribution in [-0.2, 0) is 4.79 Å². The molecule has 0 aliphatic heterocycles. The average molecular weight is 495 g/mol. The lowest BCUT2D eigenvalue weighted by Gasteiger charge is -2.09. The van der Waals surface area contributed by atoms with Crippen LogP contribution in [0, 0.1) is 0 Å². The third-order valence-corrected chi connectivity index (χ3v) is 4.39. The summed E-state index contributed by atoms with van der Waals surface area (Å²) in [5.74, 6) is 0.134. The highest BCUT2D eigenvalue weighted by atomic mass is 79.9. The third-order valence-electron chi connectivity index (χ3n) is 3.21. The largest absolute Gasteiger partial charge is 0.487 e. The number of hydrogen-bond donors (Lipinski definition) is 2. The zero-order chi connectivity index (χ0) is 19.8. The predicted molar refractivity (Wildman–Crippen MR) is 113 cm³/mol. The Kier molecular flexibility index (Phi) is 7.75. The van der Waals surface area contributed by atoms with Gasteiger partial charge in [-0.25, -0.2) is 5.43 Å². The maximum Gasteiger partial charge on any atom is 0.271 e. The van der Waals surface area contributed by atoms with Crippen molar-refractivity contribution >= 4 is 55.6 Å². The fourth-order valence-electron chi connectivity index (χ4n) is 2.07. The van der Waals surface area contributed by atoms with E-state index in [4.69, 9.17) is 4.74 Å². The Hall–Kier alpha value is -2.45. The van der Waals surface area contributed by atoms with Crippen LogP contribution in [0.4, 0.5) is 5.69 Å². The molecule has 0 atom stereocenters. The number of nitrogens with zero attached hydrogens (tertiary/aromatic N) is 1. The number of rotatable bonds is 7. The number of halogens is 2. The lowest BCUT2D eigenvalue weighted by Crippen LogP contribution is -2.17. The van der Waals surface area contributed by atoms with Gasteiger partial charge in [-0.15, -0.1) is 0 Å². The molecule has 2 aromatic rings. The Morgan fingerprint density at radius 3 is 2.37 bits per heavy atom. The van der Waals surface area contributed by atoms with Gasteiger partial charge in [0.15, 0.2) is 0 Å². The molecule has 0 spiro atoms. The molecule has 2 aromatic carbocycles. The van der Waals surface area contributed by atoms with Crippen molar-refractivity contribution in [3.8, 4) is 5.75 Å². The van der Waals surface area contributed by atoms with E-state index in [9.17, 15) is 9.59 Å². The van der Waals surface area contributed by atoms with Crippen LogP contribution >= 0.6 is 31.9 Å². The molecule has 0 aliphatic carbocycles. The summed E-state index contributed by atoms with van der Waals surface area (Å²) in [6, 6.07) is 10.2. The Morgan fingerprint density at radius 2 is 1.81 bits per heavy atom. The van der Waals surface area contributed by atoms with Crippen LogP contribution in [0.25, 0.3) is 0 Å². The molecule has 2 amide bonds. The van der Waals surface area contributed by atoms with Crippen molar-refractivity contribution in [2.75, 3.05) is 11.9 Å². The molecular weight excluding hydrogens is 478 g/mol. The molecular formula is C19H17Br2N3O3. The molecule has 2 N–H and O–H groups in total. The first-order valence-corrected chi connectivity index (χ1v) is 9.43. The topological polar surface area (TPSA) is 79.8 Å². The molecule has 6 nitrogen and oxygen atoms in total. The first kappa shape index (κ1) is 20.9. The molecule has 0 aromatic heterocycles. The summed E-state index contributed by atoms with van der Waals surface area (Å²) in [6.45, 7) is 5.43. The van der Waals surface area contributed by atoms with Gasteiger partial charge >= 0.3 is 0 Å². The summed E-state index contributed by atoms with van der Waals surface area (Å²) < 4.78 is 7.05. The second-order valence-electron chi connectivity index (χ2n) is 5.37. The van der Waals surface area contributed by atoms with E-state index in [1.807, 2.05) is 12.1 Å². The maximum absolute atomic E-state index is 12.1. The van der Waals surface area contributed by atoms with Gasteiger partial charge in [0, 0.05) is 18.2 Å². The van der Waals surface area contributed by atoms with Gasteiger partial charge in [-0.1, -0.05) is 12.7 Å². The maximum atomic E-state index is 12.1. The molecule has 0 aliphatic rings. The quantitative estimate of drug-likeness (QED) is 0.338. The minimum absolute atomic E-state index is 0.171. The van der Waals surface area contributed by atoms with E-state index in [0.29, 0.717) is 23.6 Å². The van der Waals surface area contributed by atoms with E-state index in [1.165, 1.54) is 13.1 Å². The summed E-state index contributed by atoms with van der Waals surface area (Å²) in [5.41, 5.74) is 4.28. The van der Waals surface area contributed by atoms with E-state index in [1.54, 1.807) is 30.3 Å². The van der Waals surface area contributed by atoms with Gasteiger partial charge in [-0.05, 0) is 73.8 Å². The zero-order valence-electron chi connectivity index (χ0n) is 14.5. The second kappa shape index (κ2) is 10.0. The molecule has 0 bridgehead atoms. The van der Waals surface area contributed by atoms with Gasteiger partial charge in [0.2, 0.25) is 5.91 Å². The van der Waals surface area contributed by atoms with Crippen molar-refractivity contribution in [3.05, 3.63) is 69.1 Å². The van der Waals surface area contributed by atoms with E-state index < -0.39 is 0 Å². The molecule has 140 valence electrons. The summed E-state index contributed by atoms with van der Waals surface area (Å²) in [4.78, 5) is 23.1. The second-order valence-corrected chi connectivity index (χ2v) is 7.08. The number of anilines is 1. The first-order valence-electron chi connectivity index (χ1n) is 7.84. The molecule has 0 saturated carbocycles. The monoisotopic (exact) mass is 493 g/mol. The van der Waals surface area contributed by atoms with Crippen molar-refractivity contribution < 1.29 is 14.3 Å². The normalized spacial score (nSPS) is 10.5. The Bertz CT molecular complexity index is 857. The highest BCUT2D eigenvalue weighted by Crippen LogP contribution is 2.34. The van der Waals surface area contributed by atoms with Crippen molar-refractivity contribution in [1.29, 1.82) is 0 Å². The third kappa shape index (κ3) is 6.33. The molecule has 27 heavy (non-hydrogen) atoms. The highest BCUT2D eigenvalue weighted by Gasteiger charge is 2.08. The van der Waals surface area contributed by atoms with Crippen LogP contribution in [0.5, 0.6) is 5.75 Å². The van der Waals surface area contributed by atoms with E-state index >= 15 is 0 Å². The minimum atomic E-state index is -0.357. The summed E-state index contributed by atoms with van der Waals surface area (Å²) in [6.07, 6.45) is 3.18. The number of nitrogens with one attached hydrogen (secondary N) is 2. The van der Waals surface area contributed by atoms with Crippen LogP contribution in [0.1, 0.15) is 22.8 Å². The fraction of sp³-hybridized carbons (Fsp3) is 0.105. The van der Waals surface area contributed by atoms with Crippen molar-refractivity contribution in [2.24, 2.45) is 5.10 Å². The molecule has 0 unspecified atom stereocenters. The number of carbonyl (C=O) groups excluding carboxylic acids is 2. The molecule has 0 fully saturated rings. The van der Waals surface area contributed by atoms with Crippen molar-refractivity contribution in [3.63, 3.8) is 0 Å². The van der Waals surface area contributed by atoms with Crippen LogP contribution in [0.3, 0.4) is 0 Å². The van der Waals surface area contributed by atoms with Gasteiger partial charge in [0.1, 0.15) is 12.4 Å². The average Bonchev–Trinajstić information content (AvgIpc) is 2.61. The van der Waals surface area contributed by atoms with Gasteiger partial charge < -0.3 is 10.1 Å². The molecule has 0 heterocycles. The first-order chi connectivity index (χ1) is 12.9. The lowest BCUT2D eigenvalue weighted by atomic mass is 10.2. The molecule has 2 rings (SSSR count). The zero-order valence-corrected chi connectivity index (χ0v) is 17.6. The number of ether oxygens (including phenoxy) is 1. The molecule has 0 radical (unpaired) electrons. The van der Waals surface area contributed by atoms with Crippen molar-refractivity contribution in [2.45, 2.75) is 6.92 Å². The van der Waals surface area contributed by atoms with E-state index in [-0.39, 0.29) is 11.8 Å². The van der Waals surface area contributed by atoms with Crippen LogP contribution in [0.15, 0.2) is 63.1 Å². The van der Waals surface area contributed by atoms with Gasteiger partial charge in [-0.2, -0.15) is 5.10 Å². The Labute approximate surface area is 173 Å². The fourth-order valence-corrected chi connectivity index (χ4v) is 3.52. The van der Waals surface area contributed by atoms with Crippen LogP contribution in [0.2, 0.25) is 0 Å². The number of amides is 2. The summed E-state index contributed by atoms with van der Waals surface area (Å²) in [7, 11) is 0. The minimum Gasteiger partial charge on any atom is -0.487 e. The SMILES string of the molecule is C=CCOc1c(Br)cc(C=NNC(=O)c2ccc(NC(C)=O)cc2)cc1Br. The predicted octanol–water partition coefficient (Wildman–Crippen LogP) is 4.50. The standard InChI is InChI=1S/C19H17Br2N3O3/c1-3-8-27-18-16(20)9-13(10-17(18)21)11-22-24-19(26)14-4-6-15(7-5-14)23-12(2)25/h3-7,9-11H,1,8H2,2H3,(H,23,25)(H,24,26). The number of hydrogen-bond acceptors (Lipinski definition) is 4. The lowest BCUT2D eigenvalue weighted by molar-refractivity contribution is -0.114. The Morgan fingerprint density at radius 1 is 1.19 bits per heavy atom. The highest BCUT2D eigenvalue weighted by molar-refractivity contribution is 9.11. The molecule has 8 heteroatoms. The smallest absolute Gasteiger partial charge is 0.271 e. The van der Waals surface area contributed by atoms with E-state index in [2.05, 4.69) is 54.3 Å². The van der Waals surface area contributed by atoms with E-state index in [0.717, 1.165) is 14.5 Å². The van der Waals surface area contributed by atoms with Crippen LogP contribution in [-0.4, -0.2) is 24.6 Å². The number of hydrazone groups is 1. The summed E-state index contributed by atoms with van der Waals surface area (Å²) >= 11 is 6.88. The number of carbonyl (C=O) groups is 2. The van der Waals surface area contributed by atoms with Crippen molar-refractivity contribution in [1.82, 2.24) is 5.43 Å². The van der Waals surface area contributed by atoms with Gasteiger partial charge in [-0.3, -0.25) is 9.59 Å². The van der Waals surface area contributed by atoms with Crippen LogP contribution < -0.4 is 15.5 Å². The van der Waals surface area contributed by atoms with Gasteiger partial charge in [0.05, 0.1) is 15.2 Å².